The number of hydrogen-bond donors (Lipinski definition) is 1. The Hall–Kier alpha value is -1.68. The molecule has 1 atom stereocenters. The lowest BCUT2D eigenvalue weighted by Gasteiger charge is -2.27. The molecule has 1 N–H and O–H groups in total. The summed E-state index contributed by atoms with van der Waals surface area (Å²) in [5, 5.41) is 2.75. The Kier molecular flexibility index (Phi) is 3.77. The van der Waals surface area contributed by atoms with Crippen molar-refractivity contribution in [3.05, 3.63) is 35.9 Å². The number of amides is 1. The Morgan fingerprint density at radius 3 is 2.67 bits per heavy atom. The summed E-state index contributed by atoms with van der Waals surface area (Å²) in [4.78, 5) is 24.7. The van der Waals surface area contributed by atoms with E-state index >= 15 is 0 Å². The topological polar surface area (TPSA) is 55.4 Å². The van der Waals surface area contributed by atoms with E-state index in [0.717, 1.165) is 12.8 Å². The van der Waals surface area contributed by atoms with Crippen LogP contribution in [0.4, 0.5) is 0 Å². The summed E-state index contributed by atoms with van der Waals surface area (Å²) < 4.78 is 5.33. The molecule has 1 aromatic carbocycles. The van der Waals surface area contributed by atoms with Crippen LogP contribution >= 0.6 is 0 Å². The first kappa shape index (κ1) is 12.8. The number of benzene rings is 1. The number of carbonyl (C=O) groups is 2. The van der Waals surface area contributed by atoms with Gasteiger partial charge in [-0.2, -0.15) is 0 Å². The van der Waals surface area contributed by atoms with Gasteiger partial charge in [0.25, 0.3) is 5.91 Å². The number of methoxy groups -OCH3 is 1. The van der Waals surface area contributed by atoms with E-state index in [1.54, 1.807) is 24.3 Å². The van der Waals surface area contributed by atoms with Crippen LogP contribution in [0.1, 0.15) is 29.6 Å². The summed E-state index contributed by atoms with van der Waals surface area (Å²) >= 11 is 0. The SMILES string of the molecule is COC1(C(=O)c2ccccc2)CCCCNC1=O. The Labute approximate surface area is 106 Å². The molecule has 0 aliphatic carbocycles. The Bertz CT molecular complexity index is 444. The van der Waals surface area contributed by atoms with Crippen LogP contribution in [0, 0.1) is 0 Å². The van der Waals surface area contributed by atoms with Crippen molar-refractivity contribution in [2.24, 2.45) is 0 Å². The number of hydrogen-bond acceptors (Lipinski definition) is 3. The molecular weight excluding hydrogens is 230 g/mol. The normalized spacial score (nSPS) is 24.2. The van der Waals surface area contributed by atoms with Crippen LogP contribution in [-0.2, 0) is 9.53 Å². The summed E-state index contributed by atoms with van der Waals surface area (Å²) in [6, 6.07) is 8.82. The predicted molar refractivity (Wildman–Crippen MR) is 67.4 cm³/mol. The molecule has 0 spiro atoms. The lowest BCUT2D eigenvalue weighted by atomic mass is 9.87. The zero-order valence-electron chi connectivity index (χ0n) is 10.4. The van der Waals surface area contributed by atoms with Crippen molar-refractivity contribution in [1.29, 1.82) is 0 Å². The lowest BCUT2D eigenvalue weighted by molar-refractivity contribution is -0.137. The quantitative estimate of drug-likeness (QED) is 0.651. The van der Waals surface area contributed by atoms with Gasteiger partial charge in [0.05, 0.1) is 0 Å². The molecule has 1 heterocycles. The third-order valence-electron chi connectivity index (χ3n) is 3.36. The number of Topliss-reactive ketones (excluding diaryl/α,β-unsaturated/α-hetero) is 1. The van der Waals surface area contributed by atoms with Crippen molar-refractivity contribution < 1.29 is 14.3 Å². The van der Waals surface area contributed by atoms with Crippen molar-refractivity contribution in [2.45, 2.75) is 24.9 Å². The molecule has 0 aromatic heterocycles. The third-order valence-corrected chi connectivity index (χ3v) is 3.36. The van der Waals surface area contributed by atoms with E-state index < -0.39 is 5.60 Å². The molecule has 1 fully saturated rings. The molecule has 1 amide bonds. The van der Waals surface area contributed by atoms with Crippen LogP contribution in [0.15, 0.2) is 30.3 Å². The largest absolute Gasteiger partial charge is 0.361 e. The van der Waals surface area contributed by atoms with Crippen LogP contribution in [0.25, 0.3) is 0 Å². The minimum absolute atomic E-state index is 0.259. The molecule has 2 rings (SSSR count). The highest BCUT2D eigenvalue weighted by Crippen LogP contribution is 2.26. The van der Waals surface area contributed by atoms with Gasteiger partial charge in [-0.25, -0.2) is 0 Å². The smallest absolute Gasteiger partial charge is 0.260 e. The molecule has 0 bridgehead atoms. The minimum atomic E-state index is -1.36. The summed E-state index contributed by atoms with van der Waals surface area (Å²) in [7, 11) is 1.42. The molecule has 1 aromatic rings. The first-order valence-corrected chi connectivity index (χ1v) is 6.14. The number of carbonyl (C=O) groups excluding carboxylic acids is 2. The van der Waals surface area contributed by atoms with Crippen molar-refractivity contribution in [3.8, 4) is 0 Å². The van der Waals surface area contributed by atoms with Crippen LogP contribution in [0.5, 0.6) is 0 Å². The molecule has 4 nitrogen and oxygen atoms in total. The van der Waals surface area contributed by atoms with Crippen LogP contribution in [-0.4, -0.2) is 30.9 Å². The highest BCUT2D eigenvalue weighted by molar-refractivity contribution is 6.17. The molecule has 0 radical (unpaired) electrons. The first-order chi connectivity index (χ1) is 8.70. The van der Waals surface area contributed by atoms with Crippen LogP contribution < -0.4 is 5.32 Å². The van der Waals surface area contributed by atoms with Gasteiger partial charge in [-0.15, -0.1) is 0 Å². The Morgan fingerprint density at radius 1 is 1.28 bits per heavy atom. The minimum Gasteiger partial charge on any atom is -0.361 e. The number of nitrogens with one attached hydrogen (secondary N) is 1. The average Bonchev–Trinajstić information content (AvgIpc) is 2.61. The van der Waals surface area contributed by atoms with E-state index in [2.05, 4.69) is 5.32 Å². The van der Waals surface area contributed by atoms with Gasteiger partial charge >= 0.3 is 0 Å². The van der Waals surface area contributed by atoms with E-state index in [0.29, 0.717) is 18.5 Å². The van der Waals surface area contributed by atoms with Gasteiger partial charge in [-0.05, 0) is 19.3 Å². The molecule has 1 unspecified atom stereocenters. The van der Waals surface area contributed by atoms with Crippen molar-refractivity contribution in [3.63, 3.8) is 0 Å². The number of ketones is 1. The van der Waals surface area contributed by atoms with Gasteiger partial charge in [-0.1, -0.05) is 30.3 Å². The lowest BCUT2D eigenvalue weighted by Crippen LogP contribution is -2.53. The zero-order chi connectivity index (χ0) is 13.0. The molecule has 96 valence electrons. The molecule has 1 aliphatic rings. The fourth-order valence-electron chi connectivity index (χ4n) is 2.28. The molecule has 1 saturated heterocycles. The fraction of sp³-hybridized carbons (Fsp3) is 0.429. The van der Waals surface area contributed by atoms with E-state index in [4.69, 9.17) is 4.74 Å². The summed E-state index contributed by atoms with van der Waals surface area (Å²) in [6.07, 6.45) is 2.10. The average molecular weight is 247 g/mol. The monoisotopic (exact) mass is 247 g/mol. The second-order valence-corrected chi connectivity index (χ2v) is 4.44. The van der Waals surface area contributed by atoms with Gasteiger partial charge in [0, 0.05) is 19.2 Å². The highest BCUT2D eigenvalue weighted by Gasteiger charge is 2.46. The Balaban J connectivity index is 2.36. The van der Waals surface area contributed by atoms with Gasteiger partial charge in [0.1, 0.15) is 0 Å². The van der Waals surface area contributed by atoms with Gasteiger partial charge < -0.3 is 10.1 Å². The summed E-state index contributed by atoms with van der Waals surface area (Å²) in [5.74, 6) is -0.582. The summed E-state index contributed by atoms with van der Waals surface area (Å²) in [5.41, 5.74) is -0.853. The van der Waals surface area contributed by atoms with E-state index in [-0.39, 0.29) is 11.7 Å². The maximum Gasteiger partial charge on any atom is 0.260 e. The maximum atomic E-state index is 12.5. The Morgan fingerprint density at radius 2 is 2.00 bits per heavy atom. The van der Waals surface area contributed by atoms with E-state index in [1.807, 2.05) is 6.07 Å². The summed E-state index contributed by atoms with van der Waals surface area (Å²) in [6.45, 7) is 0.603. The number of rotatable bonds is 3. The second-order valence-electron chi connectivity index (χ2n) is 4.44. The van der Waals surface area contributed by atoms with Crippen LogP contribution in [0.3, 0.4) is 0 Å². The first-order valence-electron chi connectivity index (χ1n) is 6.14. The van der Waals surface area contributed by atoms with Crippen molar-refractivity contribution >= 4 is 11.7 Å². The van der Waals surface area contributed by atoms with Gasteiger partial charge in [-0.3, -0.25) is 9.59 Å². The van der Waals surface area contributed by atoms with E-state index in [1.165, 1.54) is 7.11 Å². The molecule has 4 heteroatoms. The molecule has 0 saturated carbocycles. The van der Waals surface area contributed by atoms with Crippen molar-refractivity contribution in [1.82, 2.24) is 5.32 Å². The standard InChI is InChI=1S/C14H17NO3/c1-18-14(9-5-6-10-15-13(14)17)12(16)11-7-3-2-4-8-11/h2-4,7-8H,5-6,9-10H2,1H3,(H,15,17). The van der Waals surface area contributed by atoms with Crippen LogP contribution in [0.2, 0.25) is 0 Å². The fourth-order valence-corrected chi connectivity index (χ4v) is 2.28. The van der Waals surface area contributed by atoms with Gasteiger partial charge in [0.15, 0.2) is 0 Å². The van der Waals surface area contributed by atoms with E-state index in [9.17, 15) is 9.59 Å². The van der Waals surface area contributed by atoms with Gasteiger partial charge in [0.2, 0.25) is 11.4 Å². The third kappa shape index (κ3) is 2.16. The zero-order valence-corrected chi connectivity index (χ0v) is 10.4. The van der Waals surface area contributed by atoms with Crippen molar-refractivity contribution in [2.75, 3.05) is 13.7 Å². The second kappa shape index (κ2) is 5.31. The maximum absolute atomic E-state index is 12.5. The highest BCUT2D eigenvalue weighted by atomic mass is 16.5. The predicted octanol–water partition coefficient (Wildman–Crippen LogP) is 1.55. The number of ether oxygens (including phenoxy) is 1. The molecule has 1 aliphatic heterocycles. The molecular formula is C14H17NO3. The molecule has 18 heavy (non-hydrogen) atoms.